The molecule has 1 aromatic rings. The summed E-state index contributed by atoms with van der Waals surface area (Å²) in [4.78, 5) is 7.02. The van der Waals surface area contributed by atoms with E-state index in [1.807, 2.05) is 6.20 Å². The molecule has 3 heterocycles. The summed E-state index contributed by atoms with van der Waals surface area (Å²) < 4.78 is 0. The van der Waals surface area contributed by atoms with Gasteiger partial charge in [0.25, 0.3) is 0 Å². The van der Waals surface area contributed by atoms with E-state index >= 15 is 0 Å². The van der Waals surface area contributed by atoms with Crippen molar-refractivity contribution in [3.05, 3.63) is 30.1 Å². The molecule has 19 heavy (non-hydrogen) atoms. The molecule has 0 bridgehead atoms. The van der Waals surface area contributed by atoms with E-state index in [0.717, 1.165) is 19.0 Å². The van der Waals surface area contributed by atoms with Gasteiger partial charge in [-0.05, 0) is 41.9 Å². The Hall–Kier alpha value is -0.580. The molecule has 2 aliphatic rings. The van der Waals surface area contributed by atoms with Crippen LogP contribution in [0.3, 0.4) is 0 Å². The van der Waals surface area contributed by atoms with Crippen LogP contribution in [-0.4, -0.2) is 47.6 Å². The highest BCUT2D eigenvalue weighted by molar-refractivity contribution is 7.99. The second kappa shape index (κ2) is 6.73. The second-order valence-electron chi connectivity index (χ2n) is 5.47. The van der Waals surface area contributed by atoms with E-state index in [1.54, 1.807) is 0 Å². The van der Waals surface area contributed by atoms with Crippen molar-refractivity contribution in [3.8, 4) is 0 Å². The lowest BCUT2D eigenvalue weighted by atomic mass is 9.87. The van der Waals surface area contributed by atoms with Crippen molar-refractivity contribution >= 4 is 11.8 Å². The SMILES string of the molecule is c1cncc([C@H](C2CCSCC2)N2CCNCC2)c1. The molecule has 2 fully saturated rings. The molecule has 0 aromatic carbocycles. The van der Waals surface area contributed by atoms with Gasteiger partial charge in [-0.2, -0.15) is 11.8 Å². The fourth-order valence-corrected chi connectivity index (χ4v) is 4.47. The first-order valence-electron chi connectivity index (χ1n) is 7.37. The lowest BCUT2D eigenvalue weighted by Crippen LogP contribution is -2.47. The Balaban J connectivity index is 1.81. The van der Waals surface area contributed by atoms with Gasteiger partial charge in [-0.1, -0.05) is 6.07 Å². The van der Waals surface area contributed by atoms with Crippen LogP contribution in [0.5, 0.6) is 0 Å². The van der Waals surface area contributed by atoms with Crippen molar-refractivity contribution in [2.45, 2.75) is 18.9 Å². The van der Waals surface area contributed by atoms with Crippen molar-refractivity contribution in [2.75, 3.05) is 37.7 Å². The van der Waals surface area contributed by atoms with E-state index in [2.05, 4.69) is 45.3 Å². The smallest absolute Gasteiger partial charge is 0.0393 e. The van der Waals surface area contributed by atoms with Gasteiger partial charge in [0.2, 0.25) is 0 Å². The third-order valence-electron chi connectivity index (χ3n) is 4.28. The van der Waals surface area contributed by atoms with Gasteiger partial charge in [-0.25, -0.2) is 0 Å². The molecule has 0 radical (unpaired) electrons. The summed E-state index contributed by atoms with van der Waals surface area (Å²) in [5, 5.41) is 3.46. The van der Waals surface area contributed by atoms with Crippen LogP contribution in [0.2, 0.25) is 0 Å². The van der Waals surface area contributed by atoms with Crippen LogP contribution in [0.15, 0.2) is 24.5 Å². The molecule has 3 rings (SSSR count). The van der Waals surface area contributed by atoms with E-state index in [1.165, 1.54) is 43.0 Å². The minimum Gasteiger partial charge on any atom is -0.314 e. The van der Waals surface area contributed by atoms with Crippen LogP contribution >= 0.6 is 11.8 Å². The summed E-state index contributed by atoms with van der Waals surface area (Å²) in [6.07, 6.45) is 6.67. The highest BCUT2D eigenvalue weighted by Gasteiger charge is 2.30. The maximum atomic E-state index is 4.35. The highest BCUT2D eigenvalue weighted by Crippen LogP contribution is 2.37. The van der Waals surface area contributed by atoms with Crippen LogP contribution in [0.4, 0.5) is 0 Å². The molecule has 1 atom stereocenters. The molecule has 1 N–H and O–H groups in total. The quantitative estimate of drug-likeness (QED) is 0.916. The first kappa shape index (κ1) is 13.4. The van der Waals surface area contributed by atoms with Gasteiger partial charge in [0, 0.05) is 44.6 Å². The molecule has 3 nitrogen and oxygen atoms in total. The van der Waals surface area contributed by atoms with Crippen molar-refractivity contribution in [3.63, 3.8) is 0 Å². The number of hydrogen-bond acceptors (Lipinski definition) is 4. The maximum Gasteiger partial charge on any atom is 0.0393 e. The number of pyridine rings is 1. The number of rotatable bonds is 3. The maximum absolute atomic E-state index is 4.35. The van der Waals surface area contributed by atoms with E-state index in [9.17, 15) is 0 Å². The van der Waals surface area contributed by atoms with Crippen molar-refractivity contribution in [1.82, 2.24) is 15.2 Å². The highest BCUT2D eigenvalue weighted by atomic mass is 32.2. The summed E-state index contributed by atoms with van der Waals surface area (Å²) in [5.74, 6) is 3.46. The second-order valence-corrected chi connectivity index (χ2v) is 6.69. The van der Waals surface area contributed by atoms with Gasteiger partial charge in [0.1, 0.15) is 0 Å². The van der Waals surface area contributed by atoms with Gasteiger partial charge in [0.15, 0.2) is 0 Å². The summed E-state index contributed by atoms with van der Waals surface area (Å²) in [6.45, 7) is 4.59. The molecule has 0 spiro atoms. The average Bonchev–Trinajstić information content (AvgIpc) is 2.51. The summed E-state index contributed by atoms with van der Waals surface area (Å²) in [6, 6.07) is 4.93. The van der Waals surface area contributed by atoms with Gasteiger partial charge in [-0.15, -0.1) is 0 Å². The Labute approximate surface area is 120 Å². The van der Waals surface area contributed by atoms with Crippen molar-refractivity contribution in [2.24, 2.45) is 5.92 Å². The van der Waals surface area contributed by atoms with Gasteiger partial charge in [-0.3, -0.25) is 9.88 Å². The molecule has 2 saturated heterocycles. The topological polar surface area (TPSA) is 28.2 Å². The van der Waals surface area contributed by atoms with Crippen LogP contribution in [0.1, 0.15) is 24.4 Å². The van der Waals surface area contributed by atoms with Crippen LogP contribution in [0, 0.1) is 5.92 Å². The molecular weight excluding hydrogens is 254 g/mol. The van der Waals surface area contributed by atoms with E-state index in [4.69, 9.17) is 0 Å². The Morgan fingerprint density at radius 3 is 2.74 bits per heavy atom. The average molecular weight is 277 g/mol. The normalized spacial score (nSPS) is 24.2. The first-order valence-corrected chi connectivity index (χ1v) is 8.53. The number of piperazine rings is 1. The van der Waals surface area contributed by atoms with Crippen LogP contribution in [-0.2, 0) is 0 Å². The number of nitrogens with zero attached hydrogens (tertiary/aromatic N) is 2. The summed E-state index contributed by atoms with van der Waals surface area (Å²) >= 11 is 2.11. The monoisotopic (exact) mass is 277 g/mol. The van der Waals surface area contributed by atoms with Crippen molar-refractivity contribution in [1.29, 1.82) is 0 Å². The number of thioether (sulfide) groups is 1. The zero-order valence-corrected chi connectivity index (χ0v) is 12.2. The first-order chi connectivity index (χ1) is 9.45. The Morgan fingerprint density at radius 1 is 1.26 bits per heavy atom. The zero-order valence-electron chi connectivity index (χ0n) is 11.4. The largest absolute Gasteiger partial charge is 0.314 e. The molecule has 0 saturated carbocycles. The molecule has 4 heteroatoms. The fourth-order valence-electron chi connectivity index (χ4n) is 3.32. The summed E-state index contributed by atoms with van der Waals surface area (Å²) in [5.41, 5.74) is 1.42. The summed E-state index contributed by atoms with van der Waals surface area (Å²) in [7, 11) is 0. The van der Waals surface area contributed by atoms with Crippen LogP contribution < -0.4 is 5.32 Å². The molecule has 1 aromatic heterocycles. The van der Waals surface area contributed by atoms with Crippen molar-refractivity contribution < 1.29 is 0 Å². The lowest BCUT2D eigenvalue weighted by Gasteiger charge is -2.41. The fraction of sp³-hybridized carbons (Fsp3) is 0.667. The van der Waals surface area contributed by atoms with E-state index in [-0.39, 0.29) is 0 Å². The number of aromatic nitrogens is 1. The Morgan fingerprint density at radius 2 is 2.05 bits per heavy atom. The van der Waals surface area contributed by atoms with Gasteiger partial charge < -0.3 is 5.32 Å². The third-order valence-corrected chi connectivity index (χ3v) is 5.33. The van der Waals surface area contributed by atoms with Gasteiger partial charge in [0.05, 0.1) is 0 Å². The van der Waals surface area contributed by atoms with Crippen LogP contribution in [0.25, 0.3) is 0 Å². The zero-order chi connectivity index (χ0) is 12.9. The number of nitrogens with one attached hydrogen (secondary N) is 1. The molecular formula is C15H23N3S. The molecule has 0 aliphatic carbocycles. The predicted octanol–water partition coefficient (Wildman–Crippen LogP) is 2.17. The van der Waals surface area contributed by atoms with E-state index in [0.29, 0.717) is 6.04 Å². The standard InChI is InChI=1S/C15H23N3S/c1-2-14(12-17-5-1)15(13-3-10-19-11-4-13)18-8-6-16-7-9-18/h1-2,5,12-13,15-16H,3-4,6-11H2/t15-/m0/s1. The van der Waals surface area contributed by atoms with E-state index < -0.39 is 0 Å². The minimum atomic E-state index is 0.580. The number of hydrogen-bond donors (Lipinski definition) is 1. The Kier molecular flexibility index (Phi) is 4.75. The molecule has 0 amide bonds. The molecule has 2 aliphatic heterocycles. The predicted molar refractivity (Wildman–Crippen MR) is 81.5 cm³/mol. The van der Waals surface area contributed by atoms with Gasteiger partial charge >= 0.3 is 0 Å². The molecule has 104 valence electrons. The Bertz CT molecular complexity index is 354. The minimum absolute atomic E-state index is 0.580. The third kappa shape index (κ3) is 3.30. The lowest BCUT2D eigenvalue weighted by molar-refractivity contribution is 0.118. The molecule has 0 unspecified atom stereocenters.